The number of Topliss-reactive ketones (excluding diaryl/α,β-unsaturated/α-hetero) is 1. The first-order valence-corrected chi connectivity index (χ1v) is 12.2. The number of thioether (sulfide) groups is 1. The Balaban J connectivity index is 1.59. The fourth-order valence-corrected chi connectivity index (χ4v) is 5.26. The van der Waals surface area contributed by atoms with Crippen LogP contribution in [0, 0.1) is 20.8 Å². The van der Waals surface area contributed by atoms with E-state index in [4.69, 9.17) is 4.74 Å². The molecule has 0 spiro atoms. The number of fused-ring (bicyclic) bond motifs is 3. The van der Waals surface area contributed by atoms with Crippen molar-refractivity contribution in [3.05, 3.63) is 87.0 Å². The van der Waals surface area contributed by atoms with Crippen LogP contribution in [0.15, 0.2) is 58.5 Å². The SMILES string of the molecule is COC(=O)c1c(C)[nH]c(C(=O)CSc2nnc3n(-c4ccccc4C)c(=O)c4ccccc4n23)c1C. The van der Waals surface area contributed by atoms with Gasteiger partial charge >= 0.3 is 5.97 Å². The van der Waals surface area contributed by atoms with Crippen molar-refractivity contribution in [3.63, 3.8) is 0 Å². The first-order chi connectivity index (χ1) is 17.3. The molecule has 0 saturated heterocycles. The maximum absolute atomic E-state index is 13.5. The average molecular weight is 502 g/mol. The van der Waals surface area contributed by atoms with E-state index < -0.39 is 5.97 Å². The highest BCUT2D eigenvalue weighted by atomic mass is 32.2. The molecule has 0 amide bonds. The molecule has 0 radical (unpaired) electrons. The number of H-pyrrole nitrogens is 1. The molecule has 2 aromatic carbocycles. The summed E-state index contributed by atoms with van der Waals surface area (Å²) < 4.78 is 8.19. The first-order valence-electron chi connectivity index (χ1n) is 11.2. The van der Waals surface area contributed by atoms with E-state index in [1.54, 1.807) is 28.9 Å². The van der Waals surface area contributed by atoms with Crippen LogP contribution < -0.4 is 5.56 Å². The first kappa shape index (κ1) is 23.6. The highest BCUT2D eigenvalue weighted by Gasteiger charge is 2.24. The number of methoxy groups -OCH3 is 1. The molecule has 36 heavy (non-hydrogen) atoms. The van der Waals surface area contributed by atoms with Gasteiger partial charge in [-0.2, -0.15) is 0 Å². The number of nitrogens with one attached hydrogen (secondary N) is 1. The molecule has 0 aliphatic rings. The van der Waals surface area contributed by atoms with E-state index in [2.05, 4.69) is 15.2 Å². The van der Waals surface area contributed by atoms with Crippen molar-refractivity contribution in [1.82, 2.24) is 24.1 Å². The van der Waals surface area contributed by atoms with E-state index in [1.807, 2.05) is 49.4 Å². The Kier molecular flexibility index (Phi) is 5.97. The minimum atomic E-state index is -0.489. The quantitative estimate of drug-likeness (QED) is 0.212. The van der Waals surface area contributed by atoms with Crippen LogP contribution in [0.2, 0.25) is 0 Å². The molecule has 5 aromatic rings. The third kappa shape index (κ3) is 3.70. The second-order valence-electron chi connectivity index (χ2n) is 8.39. The molecule has 182 valence electrons. The molecule has 0 aliphatic heterocycles. The number of esters is 1. The van der Waals surface area contributed by atoms with Crippen LogP contribution in [-0.4, -0.2) is 48.8 Å². The van der Waals surface area contributed by atoms with Gasteiger partial charge in [-0.3, -0.25) is 14.0 Å². The third-order valence-electron chi connectivity index (χ3n) is 6.19. The molecule has 3 heterocycles. The standard InChI is InChI=1S/C26H23N5O4S/c1-14-9-5-7-11-18(14)30-23(33)17-10-6-8-12-19(17)31-25(30)28-29-26(31)36-13-20(32)22-15(2)21(16(3)27-22)24(34)35-4/h5-12,27H,13H2,1-4H3. The lowest BCUT2D eigenvalue weighted by Crippen LogP contribution is -2.22. The number of nitrogens with zero attached hydrogens (tertiary/aromatic N) is 4. The predicted molar refractivity (Wildman–Crippen MR) is 137 cm³/mol. The normalized spacial score (nSPS) is 11.3. The summed E-state index contributed by atoms with van der Waals surface area (Å²) in [5, 5.41) is 9.67. The largest absolute Gasteiger partial charge is 0.465 e. The van der Waals surface area contributed by atoms with Crippen molar-refractivity contribution in [2.45, 2.75) is 25.9 Å². The molecule has 9 nitrogen and oxygen atoms in total. The van der Waals surface area contributed by atoms with Gasteiger partial charge in [0.05, 0.1) is 40.7 Å². The van der Waals surface area contributed by atoms with Gasteiger partial charge in [0.15, 0.2) is 10.9 Å². The molecule has 3 aromatic heterocycles. The Bertz CT molecular complexity index is 1730. The number of benzene rings is 2. The van der Waals surface area contributed by atoms with E-state index in [0.29, 0.717) is 50.0 Å². The number of ketones is 1. The molecule has 0 unspecified atom stereocenters. The predicted octanol–water partition coefficient (Wildman–Crippen LogP) is 4.05. The zero-order valence-electron chi connectivity index (χ0n) is 20.2. The molecular formula is C26H23N5O4S. The van der Waals surface area contributed by atoms with Crippen molar-refractivity contribution in [2.24, 2.45) is 0 Å². The number of hydrogen-bond donors (Lipinski definition) is 1. The molecule has 0 aliphatic carbocycles. The lowest BCUT2D eigenvalue weighted by molar-refractivity contribution is 0.0599. The Morgan fingerprint density at radius 1 is 1.03 bits per heavy atom. The van der Waals surface area contributed by atoms with Crippen molar-refractivity contribution in [1.29, 1.82) is 0 Å². The van der Waals surface area contributed by atoms with Crippen LogP contribution in [0.3, 0.4) is 0 Å². The van der Waals surface area contributed by atoms with Gasteiger partial charge in [0.2, 0.25) is 5.78 Å². The van der Waals surface area contributed by atoms with Crippen LogP contribution in [0.1, 0.15) is 37.7 Å². The number of ether oxygens (including phenoxy) is 1. The van der Waals surface area contributed by atoms with Gasteiger partial charge in [-0.25, -0.2) is 9.36 Å². The van der Waals surface area contributed by atoms with Gasteiger partial charge < -0.3 is 9.72 Å². The fraction of sp³-hybridized carbons (Fsp3) is 0.192. The van der Waals surface area contributed by atoms with E-state index in [-0.39, 0.29) is 17.1 Å². The second-order valence-corrected chi connectivity index (χ2v) is 9.33. The molecule has 0 saturated carbocycles. The number of hydrogen-bond acceptors (Lipinski definition) is 7. The molecule has 5 rings (SSSR count). The lowest BCUT2D eigenvalue weighted by Gasteiger charge is -2.13. The van der Waals surface area contributed by atoms with E-state index in [0.717, 1.165) is 5.56 Å². The maximum atomic E-state index is 13.5. The number of carbonyl (C=O) groups is 2. The minimum absolute atomic E-state index is 0.0556. The van der Waals surface area contributed by atoms with Crippen LogP contribution in [-0.2, 0) is 4.74 Å². The minimum Gasteiger partial charge on any atom is -0.465 e. The maximum Gasteiger partial charge on any atom is 0.339 e. The van der Waals surface area contributed by atoms with Gasteiger partial charge in [-0.05, 0) is 50.1 Å². The van der Waals surface area contributed by atoms with Crippen LogP contribution in [0.25, 0.3) is 22.4 Å². The number of aryl methyl sites for hydroxylation is 2. The second kappa shape index (κ2) is 9.12. The van der Waals surface area contributed by atoms with E-state index in [9.17, 15) is 14.4 Å². The molecule has 10 heteroatoms. The molecule has 0 atom stereocenters. The lowest BCUT2D eigenvalue weighted by atomic mass is 10.1. The van der Waals surface area contributed by atoms with Gasteiger partial charge in [0, 0.05) is 5.69 Å². The zero-order chi connectivity index (χ0) is 25.6. The fourth-order valence-electron chi connectivity index (χ4n) is 4.44. The van der Waals surface area contributed by atoms with Gasteiger partial charge in [0.1, 0.15) is 0 Å². The average Bonchev–Trinajstić information content (AvgIpc) is 3.43. The number of rotatable bonds is 6. The van der Waals surface area contributed by atoms with Crippen molar-refractivity contribution < 1.29 is 14.3 Å². The van der Waals surface area contributed by atoms with Gasteiger partial charge in [0.25, 0.3) is 5.56 Å². The van der Waals surface area contributed by atoms with E-state index >= 15 is 0 Å². The van der Waals surface area contributed by atoms with Crippen LogP contribution in [0.4, 0.5) is 0 Å². The molecule has 0 fully saturated rings. The zero-order valence-corrected chi connectivity index (χ0v) is 21.0. The Labute approximate surface area is 210 Å². The topological polar surface area (TPSA) is 111 Å². The summed E-state index contributed by atoms with van der Waals surface area (Å²) in [6.07, 6.45) is 0. The Morgan fingerprint density at radius 2 is 1.75 bits per heavy atom. The Morgan fingerprint density at radius 3 is 2.50 bits per heavy atom. The van der Waals surface area contributed by atoms with Crippen LogP contribution in [0.5, 0.6) is 0 Å². The summed E-state index contributed by atoms with van der Waals surface area (Å²) in [6.45, 7) is 5.38. The summed E-state index contributed by atoms with van der Waals surface area (Å²) in [7, 11) is 1.31. The van der Waals surface area contributed by atoms with Crippen molar-refractivity contribution in [3.8, 4) is 5.69 Å². The van der Waals surface area contributed by atoms with Gasteiger partial charge in [-0.1, -0.05) is 42.1 Å². The summed E-state index contributed by atoms with van der Waals surface area (Å²) in [4.78, 5) is 41.7. The Hall–Kier alpha value is -4.18. The summed E-state index contributed by atoms with van der Waals surface area (Å²) in [5.41, 5.74) is 3.95. The summed E-state index contributed by atoms with van der Waals surface area (Å²) in [5.74, 6) is -0.260. The van der Waals surface area contributed by atoms with E-state index in [1.165, 1.54) is 18.9 Å². The number of aromatic amines is 1. The smallest absolute Gasteiger partial charge is 0.339 e. The molecular weight excluding hydrogens is 478 g/mol. The number of aromatic nitrogens is 5. The van der Waals surface area contributed by atoms with Crippen LogP contribution >= 0.6 is 11.8 Å². The summed E-state index contributed by atoms with van der Waals surface area (Å²) in [6, 6.07) is 14.8. The highest BCUT2D eigenvalue weighted by Crippen LogP contribution is 2.26. The monoisotopic (exact) mass is 501 g/mol. The highest BCUT2D eigenvalue weighted by molar-refractivity contribution is 7.99. The third-order valence-corrected chi connectivity index (χ3v) is 7.12. The van der Waals surface area contributed by atoms with Gasteiger partial charge in [-0.15, -0.1) is 10.2 Å². The van der Waals surface area contributed by atoms with Crippen molar-refractivity contribution >= 4 is 40.2 Å². The number of carbonyl (C=O) groups excluding carboxylic acids is 2. The molecule has 0 bridgehead atoms. The van der Waals surface area contributed by atoms with Crippen molar-refractivity contribution in [2.75, 3.05) is 12.9 Å². The summed E-state index contributed by atoms with van der Waals surface area (Å²) >= 11 is 1.21. The number of para-hydroxylation sites is 2. The molecule has 1 N–H and O–H groups in total.